The van der Waals surface area contributed by atoms with Gasteiger partial charge in [0.15, 0.2) is 5.82 Å². The van der Waals surface area contributed by atoms with Crippen LogP contribution in [0.25, 0.3) is 0 Å². The molecule has 1 saturated heterocycles. The predicted molar refractivity (Wildman–Crippen MR) is 131 cm³/mol. The average molecular weight is 478 g/mol. The van der Waals surface area contributed by atoms with E-state index in [1.807, 2.05) is 36.1 Å². The van der Waals surface area contributed by atoms with Gasteiger partial charge in [0.1, 0.15) is 23.2 Å². The number of hydrogen-bond acceptors (Lipinski definition) is 6. The van der Waals surface area contributed by atoms with Gasteiger partial charge in [-0.05, 0) is 49.4 Å². The summed E-state index contributed by atoms with van der Waals surface area (Å²) in [7, 11) is 3.23. The number of ether oxygens (including phenoxy) is 2. The second kappa shape index (κ2) is 9.40. The summed E-state index contributed by atoms with van der Waals surface area (Å²) in [5.41, 5.74) is 2.50. The van der Waals surface area contributed by atoms with Gasteiger partial charge in [-0.1, -0.05) is 0 Å². The van der Waals surface area contributed by atoms with E-state index in [-0.39, 0.29) is 11.7 Å². The summed E-state index contributed by atoms with van der Waals surface area (Å²) in [5, 5.41) is 4.52. The molecule has 3 heterocycles. The van der Waals surface area contributed by atoms with Gasteiger partial charge in [-0.3, -0.25) is 4.79 Å². The van der Waals surface area contributed by atoms with E-state index in [1.54, 1.807) is 37.2 Å². The number of piperazine rings is 1. The van der Waals surface area contributed by atoms with E-state index < -0.39 is 12.0 Å². The predicted octanol–water partition coefficient (Wildman–Crippen LogP) is 3.70. The van der Waals surface area contributed by atoms with Crippen LogP contribution in [0.5, 0.6) is 11.5 Å². The lowest BCUT2D eigenvalue weighted by molar-refractivity contribution is -0.134. The molecule has 182 valence electrons. The molecule has 1 aromatic heterocycles. The minimum atomic E-state index is -0.541. The van der Waals surface area contributed by atoms with Gasteiger partial charge in [0.25, 0.3) is 0 Å². The van der Waals surface area contributed by atoms with Gasteiger partial charge in [-0.25, -0.2) is 14.1 Å². The van der Waals surface area contributed by atoms with Crippen molar-refractivity contribution in [2.75, 3.05) is 45.3 Å². The van der Waals surface area contributed by atoms with Crippen LogP contribution in [0.15, 0.2) is 59.7 Å². The second-order valence-corrected chi connectivity index (χ2v) is 8.71. The van der Waals surface area contributed by atoms with Crippen molar-refractivity contribution in [3.8, 4) is 11.5 Å². The molecule has 2 aliphatic rings. The van der Waals surface area contributed by atoms with Crippen LogP contribution >= 0.6 is 0 Å². The van der Waals surface area contributed by atoms with Crippen molar-refractivity contribution < 1.29 is 18.7 Å². The lowest BCUT2D eigenvalue weighted by atomic mass is 9.86. The maximum absolute atomic E-state index is 14.0. The van der Waals surface area contributed by atoms with Gasteiger partial charge in [-0.15, -0.1) is 0 Å². The molecule has 0 saturated carbocycles. The van der Waals surface area contributed by atoms with Gasteiger partial charge < -0.3 is 19.3 Å². The maximum Gasteiger partial charge on any atom is 0.234 e. The number of benzene rings is 2. The summed E-state index contributed by atoms with van der Waals surface area (Å²) >= 11 is 0. The molecular formula is C26H28FN5O3. The molecule has 0 N–H and O–H groups in total. The Kier molecular flexibility index (Phi) is 6.15. The number of methoxy groups -OCH3 is 2. The largest absolute Gasteiger partial charge is 0.497 e. The molecular weight excluding hydrogens is 449 g/mol. The Hall–Kier alpha value is -3.88. The van der Waals surface area contributed by atoms with Crippen LogP contribution in [0.1, 0.15) is 18.5 Å². The quantitative estimate of drug-likeness (QED) is 0.560. The number of carbonyl (C=O) groups is 1. The Bertz CT molecular complexity index is 1250. The Morgan fingerprint density at radius 1 is 1.00 bits per heavy atom. The number of amides is 1. The number of carbonyl (C=O) groups excluding carboxylic acids is 1. The zero-order chi connectivity index (χ0) is 24.5. The number of fused-ring (bicyclic) bond motifs is 1. The Morgan fingerprint density at radius 3 is 2.43 bits per heavy atom. The third-order valence-corrected chi connectivity index (χ3v) is 6.77. The fourth-order valence-electron chi connectivity index (χ4n) is 4.96. The first-order valence-electron chi connectivity index (χ1n) is 11.6. The van der Waals surface area contributed by atoms with E-state index in [1.165, 1.54) is 12.1 Å². The van der Waals surface area contributed by atoms with E-state index >= 15 is 0 Å². The molecule has 2 unspecified atom stereocenters. The fraction of sp³-hybridized carbons (Fsp3) is 0.346. The van der Waals surface area contributed by atoms with Crippen LogP contribution in [-0.4, -0.2) is 66.7 Å². The second-order valence-electron chi connectivity index (χ2n) is 8.71. The molecule has 1 amide bonds. The number of aliphatic imine (C=N–C) groups is 1. The zero-order valence-corrected chi connectivity index (χ0v) is 20.0. The molecule has 8 nitrogen and oxygen atoms in total. The lowest BCUT2D eigenvalue weighted by Crippen LogP contribution is -2.53. The molecule has 0 spiro atoms. The number of anilines is 1. The molecule has 0 radical (unpaired) electrons. The SMILES string of the molecule is COc1ccc(OC)c(C2C(C(=O)N3CCN(c4ccc(F)cc4)CC3)C(C)=Nc3ccnn32)c1. The van der Waals surface area contributed by atoms with Crippen LogP contribution in [0.2, 0.25) is 0 Å². The Balaban J connectivity index is 1.45. The molecule has 2 aromatic carbocycles. The van der Waals surface area contributed by atoms with Crippen molar-refractivity contribution in [3.05, 3.63) is 66.1 Å². The number of rotatable bonds is 5. The van der Waals surface area contributed by atoms with Gasteiger partial charge in [-0.2, -0.15) is 5.10 Å². The van der Waals surface area contributed by atoms with Crippen LogP contribution in [-0.2, 0) is 4.79 Å². The average Bonchev–Trinajstić information content (AvgIpc) is 3.35. The van der Waals surface area contributed by atoms with Crippen molar-refractivity contribution in [1.82, 2.24) is 14.7 Å². The van der Waals surface area contributed by atoms with Crippen molar-refractivity contribution in [2.24, 2.45) is 10.9 Å². The topological polar surface area (TPSA) is 72.2 Å². The summed E-state index contributed by atoms with van der Waals surface area (Å²) in [4.78, 5) is 22.7. The van der Waals surface area contributed by atoms with Gasteiger partial charge >= 0.3 is 0 Å². The molecule has 5 rings (SSSR count). The molecule has 1 fully saturated rings. The smallest absolute Gasteiger partial charge is 0.234 e. The number of nitrogens with zero attached hydrogens (tertiary/aromatic N) is 5. The third-order valence-electron chi connectivity index (χ3n) is 6.77. The van der Waals surface area contributed by atoms with E-state index in [0.717, 1.165) is 17.0 Å². The molecule has 2 aliphatic heterocycles. The van der Waals surface area contributed by atoms with Crippen LogP contribution < -0.4 is 14.4 Å². The van der Waals surface area contributed by atoms with Crippen molar-refractivity contribution >= 4 is 23.1 Å². The summed E-state index contributed by atoms with van der Waals surface area (Å²) in [6, 6.07) is 13.5. The highest BCUT2D eigenvalue weighted by Crippen LogP contribution is 2.42. The zero-order valence-electron chi connectivity index (χ0n) is 20.0. The fourth-order valence-corrected chi connectivity index (χ4v) is 4.96. The normalized spacial score (nSPS) is 19.7. The van der Waals surface area contributed by atoms with Crippen molar-refractivity contribution in [3.63, 3.8) is 0 Å². The highest BCUT2D eigenvalue weighted by atomic mass is 19.1. The molecule has 0 bridgehead atoms. The summed E-state index contributed by atoms with van der Waals surface area (Å²) < 4.78 is 26.3. The van der Waals surface area contributed by atoms with E-state index in [2.05, 4.69) is 10.00 Å². The van der Waals surface area contributed by atoms with E-state index in [0.29, 0.717) is 43.5 Å². The summed E-state index contributed by atoms with van der Waals surface area (Å²) in [6.07, 6.45) is 1.69. The standard InChI is InChI=1S/C26H28FN5O3/c1-17-24(26(33)31-14-12-30(13-15-31)19-6-4-18(27)5-7-19)25(32-23(29-17)10-11-28-32)21-16-20(34-2)8-9-22(21)35-3/h4-11,16,24-25H,12-15H2,1-3H3. The lowest BCUT2D eigenvalue weighted by Gasteiger charge is -2.40. The van der Waals surface area contributed by atoms with Crippen molar-refractivity contribution in [2.45, 2.75) is 13.0 Å². The Morgan fingerprint density at radius 2 is 1.74 bits per heavy atom. The van der Waals surface area contributed by atoms with Crippen molar-refractivity contribution in [1.29, 1.82) is 0 Å². The van der Waals surface area contributed by atoms with Gasteiger partial charge in [0, 0.05) is 49.2 Å². The molecule has 9 heteroatoms. The number of hydrogen-bond donors (Lipinski definition) is 0. The highest BCUT2D eigenvalue weighted by Gasteiger charge is 2.42. The summed E-state index contributed by atoms with van der Waals surface area (Å²) in [5.74, 6) is 1.23. The highest BCUT2D eigenvalue weighted by molar-refractivity contribution is 6.05. The van der Waals surface area contributed by atoms with Gasteiger partial charge in [0.05, 0.1) is 26.5 Å². The first-order valence-corrected chi connectivity index (χ1v) is 11.6. The number of halogens is 1. The maximum atomic E-state index is 14.0. The van der Waals surface area contributed by atoms with Crippen LogP contribution in [0.3, 0.4) is 0 Å². The monoisotopic (exact) mass is 477 g/mol. The molecule has 35 heavy (non-hydrogen) atoms. The van der Waals surface area contributed by atoms with E-state index in [9.17, 15) is 9.18 Å². The van der Waals surface area contributed by atoms with Crippen LogP contribution in [0.4, 0.5) is 15.9 Å². The number of aromatic nitrogens is 2. The first-order chi connectivity index (χ1) is 17.0. The summed E-state index contributed by atoms with van der Waals surface area (Å²) in [6.45, 7) is 4.36. The Labute approximate surface area is 203 Å². The molecule has 0 aliphatic carbocycles. The van der Waals surface area contributed by atoms with E-state index in [4.69, 9.17) is 14.5 Å². The van der Waals surface area contributed by atoms with Gasteiger partial charge in [0.2, 0.25) is 5.91 Å². The molecule has 2 atom stereocenters. The third kappa shape index (κ3) is 4.22. The minimum Gasteiger partial charge on any atom is -0.497 e. The molecule has 3 aromatic rings. The minimum absolute atomic E-state index is 0.000953. The first kappa shape index (κ1) is 22.9. The van der Waals surface area contributed by atoms with Crippen LogP contribution in [0, 0.1) is 11.7 Å².